The van der Waals surface area contributed by atoms with Crippen LogP contribution >= 0.6 is 0 Å². The molecule has 0 radical (unpaired) electrons. The monoisotopic (exact) mass is 423 g/mol. The highest BCUT2D eigenvalue weighted by Crippen LogP contribution is 2.32. The molecule has 0 unspecified atom stereocenters. The zero-order valence-electron chi connectivity index (χ0n) is 18.2. The Morgan fingerprint density at radius 3 is 2.23 bits per heavy atom. The molecule has 0 aliphatic rings. The lowest BCUT2D eigenvalue weighted by atomic mass is 10.0. The van der Waals surface area contributed by atoms with E-state index < -0.39 is 11.9 Å². The Balaban J connectivity index is 2.31. The average Bonchev–Trinajstić information content (AvgIpc) is 3.18. The fraction of sp³-hybridized carbons (Fsp3) is 0.261. The molecule has 0 fully saturated rings. The van der Waals surface area contributed by atoms with Crippen LogP contribution in [0.15, 0.2) is 48.5 Å². The summed E-state index contributed by atoms with van der Waals surface area (Å²) in [4.78, 5) is 27.5. The highest BCUT2D eigenvalue weighted by Gasteiger charge is 2.31. The highest BCUT2D eigenvalue weighted by molar-refractivity contribution is 6.06. The number of carbonyl (C=O) groups excluding carboxylic acids is 2. The Morgan fingerprint density at radius 1 is 0.968 bits per heavy atom. The van der Waals surface area contributed by atoms with Gasteiger partial charge in [0.25, 0.3) is 0 Å². The summed E-state index contributed by atoms with van der Waals surface area (Å²) >= 11 is 0. The SMILES string of the molecule is COC(=O)c1c(-c2ccc(OC)c(CN(C)C)c2)nn(-c2ccccc2)c1C(=O)OC. The van der Waals surface area contributed by atoms with E-state index in [1.54, 1.807) is 25.3 Å². The van der Waals surface area contributed by atoms with Crippen LogP contribution in [0.3, 0.4) is 0 Å². The third-order valence-corrected chi connectivity index (χ3v) is 4.69. The highest BCUT2D eigenvalue weighted by atomic mass is 16.5. The van der Waals surface area contributed by atoms with E-state index in [1.807, 2.05) is 49.3 Å². The number of methoxy groups -OCH3 is 3. The second-order valence-corrected chi connectivity index (χ2v) is 7.07. The van der Waals surface area contributed by atoms with Crippen molar-refractivity contribution in [1.82, 2.24) is 14.7 Å². The number of benzene rings is 2. The molecule has 3 rings (SSSR count). The van der Waals surface area contributed by atoms with E-state index in [-0.39, 0.29) is 11.3 Å². The van der Waals surface area contributed by atoms with E-state index in [0.29, 0.717) is 29.2 Å². The first-order valence-electron chi connectivity index (χ1n) is 9.58. The third kappa shape index (κ3) is 4.44. The first-order valence-corrected chi connectivity index (χ1v) is 9.58. The number of nitrogens with zero attached hydrogens (tertiary/aromatic N) is 3. The molecule has 8 heteroatoms. The van der Waals surface area contributed by atoms with Crippen molar-refractivity contribution in [3.63, 3.8) is 0 Å². The van der Waals surface area contributed by atoms with Gasteiger partial charge < -0.3 is 19.1 Å². The number of aromatic nitrogens is 2. The molecule has 0 aliphatic carbocycles. The maximum absolute atomic E-state index is 12.8. The number of hydrogen-bond donors (Lipinski definition) is 0. The minimum Gasteiger partial charge on any atom is -0.496 e. The fourth-order valence-corrected chi connectivity index (χ4v) is 3.35. The minimum atomic E-state index is -0.690. The van der Waals surface area contributed by atoms with Gasteiger partial charge in [0, 0.05) is 17.7 Å². The number of ether oxygens (including phenoxy) is 3. The van der Waals surface area contributed by atoms with Gasteiger partial charge in [-0.25, -0.2) is 14.3 Å². The summed E-state index contributed by atoms with van der Waals surface area (Å²) in [7, 11) is 8.02. The number of esters is 2. The predicted molar refractivity (Wildman–Crippen MR) is 116 cm³/mol. The molecule has 0 aliphatic heterocycles. The van der Waals surface area contributed by atoms with Gasteiger partial charge in [-0.1, -0.05) is 18.2 Å². The molecule has 2 aromatic carbocycles. The lowest BCUT2D eigenvalue weighted by Crippen LogP contribution is -2.15. The van der Waals surface area contributed by atoms with E-state index in [1.165, 1.54) is 18.9 Å². The van der Waals surface area contributed by atoms with Crippen LogP contribution in [0.1, 0.15) is 26.4 Å². The molecule has 0 atom stereocenters. The first kappa shape index (κ1) is 22.0. The van der Waals surface area contributed by atoms with E-state index >= 15 is 0 Å². The Labute approximate surface area is 180 Å². The Morgan fingerprint density at radius 2 is 1.65 bits per heavy atom. The topological polar surface area (TPSA) is 82.9 Å². The molecule has 0 N–H and O–H groups in total. The fourth-order valence-electron chi connectivity index (χ4n) is 3.35. The molecule has 0 saturated heterocycles. The van der Waals surface area contributed by atoms with Crippen LogP contribution in [0.2, 0.25) is 0 Å². The molecule has 0 bridgehead atoms. The molecule has 31 heavy (non-hydrogen) atoms. The Hall–Kier alpha value is -3.65. The quantitative estimate of drug-likeness (QED) is 0.540. The van der Waals surface area contributed by atoms with Crippen molar-refractivity contribution >= 4 is 11.9 Å². The van der Waals surface area contributed by atoms with Crippen LogP contribution < -0.4 is 4.74 Å². The maximum atomic E-state index is 12.8. The van der Waals surface area contributed by atoms with Crippen molar-refractivity contribution < 1.29 is 23.8 Å². The second-order valence-electron chi connectivity index (χ2n) is 7.07. The number of para-hydroxylation sites is 1. The van der Waals surface area contributed by atoms with Gasteiger partial charge in [0.1, 0.15) is 17.0 Å². The average molecular weight is 423 g/mol. The molecule has 1 aromatic heterocycles. The van der Waals surface area contributed by atoms with Gasteiger partial charge in [-0.2, -0.15) is 5.10 Å². The van der Waals surface area contributed by atoms with Gasteiger partial charge in [-0.05, 0) is 44.4 Å². The van der Waals surface area contributed by atoms with E-state index in [0.717, 1.165) is 5.56 Å². The zero-order chi connectivity index (χ0) is 22.5. The zero-order valence-corrected chi connectivity index (χ0v) is 18.2. The molecule has 162 valence electrons. The van der Waals surface area contributed by atoms with Crippen molar-refractivity contribution in [1.29, 1.82) is 0 Å². The smallest absolute Gasteiger partial charge is 0.357 e. The van der Waals surface area contributed by atoms with Gasteiger partial charge >= 0.3 is 11.9 Å². The number of rotatable bonds is 7. The Bertz CT molecular complexity index is 1090. The summed E-state index contributed by atoms with van der Waals surface area (Å²) in [5, 5.41) is 4.63. The summed E-state index contributed by atoms with van der Waals surface area (Å²) in [5.74, 6) is -0.652. The number of carbonyl (C=O) groups is 2. The largest absolute Gasteiger partial charge is 0.496 e. The van der Waals surface area contributed by atoms with Gasteiger partial charge in [0.2, 0.25) is 0 Å². The van der Waals surface area contributed by atoms with Crippen LogP contribution in [0, 0.1) is 0 Å². The predicted octanol–water partition coefficient (Wildman–Crippen LogP) is 3.18. The molecular formula is C23H25N3O5. The Kier molecular flexibility index (Phi) is 6.71. The van der Waals surface area contributed by atoms with Crippen LogP contribution in [-0.4, -0.2) is 62.0 Å². The van der Waals surface area contributed by atoms with Crippen LogP contribution in [0.5, 0.6) is 5.75 Å². The van der Waals surface area contributed by atoms with Crippen LogP contribution in [0.4, 0.5) is 0 Å². The van der Waals surface area contributed by atoms with Crippen LogP contribution in [0.25, 0.3) is 16.9 Å². The van der Waals surface area contributed by atoms with Crippen LogP contribution in [-0.2, 0) is 16.0 Å². The summed E-state index contributed by atoms with van der Waals surface area (Å²) in [6.07, 6.45) is 0. The van der Waals surface area contributed by atoms with Gasteiger partial charge in [-0.3, -0.25) is 0 Å². The second kappa shape index (κ2) is 9.44. The van der Waals surface area contributed by atoms with Crippen molar-refractivity contribution in [3.8, 4) is 22.7 Å². The van der Waals surface area contributed by atoms with E-state index in [4.69, 9.17) is 14.2 Å². The van der Waals surface area contributed by atoms with Gasteiger partial charge in [0.05, 0.1) is 27.0 Å². The molecule has 0 saturated carbocycles. The molecule has 1 heterocycles. The van der Waals surface area contributed by atoms with Gasteiger partial charge in [0.15, 0.2) is 5.69 Å². The first-order chi connectivity index (χ1) is 14.9. The summed E-state index contributed by atoms with van der Waals surface area (Å²) < 4.78 is 16.8. The van der Waals surface area contributed by atoms with Crippen molar-refractivity contribution in [2.45, 2.75) is 6.54 Å². The molecule has 8 nitrogen and oxygen atoms in total. The van der Waals surface area contributed by atoms with E-state index in [9.17, 15) is 9.59 Å². The minimum absolute atomic E-state index is 0.000489. The lowest BCUT2D eigenvalue weighted by Gasteiger charge is -2.14. The normalized spacial score (nSPS) is 10.8. The van der Waals surface area contributed by atoms with Crippen molar-refractivity contribution in [2.24, 2.45) is 0 Å². The van der Waals surface area contributed by atoms with Crippen molar-refractivity contribution in [2.75, 3.05) is 35.4 Å². The van der Waals surface area contributed by atoms with Crippen molar-refractivity contribution in [3.05, 3.63) is 65.4 Å². The standard InChI is InChI=1S/C23H25N3O5/c1-25(2)14-16-13-15(11-12-18(16)29-3)20-19(22(27)30-4)21(23(28)31-5)26(24-20)17-9-7-6-8-10-17/h6-13H,14H2,1-5H3. The summed E-state index contributed by atoms with van der Waals surface area (Å²) in [5.41, 5.74) is 2.53. The van der Waals surface area contributed by atoms with Gasteiger partial charge in [-0.15, -0.1) is 0 Å². The number of hydrogen-bond acceptors (Lipinski definition) is 7. The molecule has 0 amide bonds. The summed E-state index contributed by atoms with van der Waals surface area (Å²) in [6, 6.07) is 14.6. The maximum Gasteiger partial charge on any atom is 0.357 e. The third-order valence-electron chi connectivity index (χ3n) is 4.69. The summed E-state index contributed by atoms with van der Waals surface area (Å²) in [6.45, 7) is 0.619. The lowest BCUT2D eigenvalue weighted by molar-refractivity contribution is 0.0549. The molecular weight excluding hydrogens is 398 g/mol. The van der Waals surface area contributed by atoms with E-state index in [2.05, 4.69) is 5.10 Å². The molecule has 3 aromatic rings. The molecule has 0 spiro atoms.